The van der Waals surface area contributed by atoms with Gasteiger partial charge >= 0.3 is 5.97 Å². The number of hydroxylamine groups is 2. The van der Waals surface area contributed by atoms with Gasteiger partial charge in [-0.1, -0.05) is 26.0 Å². The summed E-state index contributed by atoms with van der Waals surface area (Å²) >= 11 is 0. The van der Waals surface area contributed by atoms with Crippen molar-refractivity contribution >= 4 is 27.9 Å². The smallest absolute Gasteiger partial charge is 0.305 e. The Morgan fingerprint density at radius 2 is 1.94 bits per heavy atom. The van der Waals surface area contributed by atoms with Crippen LogP contribution in [0.4, 0.5) is 0 Å². The van der Waals surface area contributed by atoms with Gasteiger partial charge in [0.05, 0.1) is 37.2 Å². The second-order valence-corrected chi connectivity index (χ2v) is 11.2. The largest absolute Gasteiger partial charge is 0.469 e. The number of imide groups is 1. The third kappa shape index (κ3) is 5.02. The molecule has 2 amide bonds. The molecule has 0 radical (unpaired) electrons. The monoisotopic (exact) mass is 485 g/mol. The molecule has 1 saturated heterocycles. The van der Waals surface area contributed by atoms with Crippen molar-refractivity contribution in [1.82, 2.24) is 5.06 Å². The van der Waals surface area contributed by atoms with E-state index in [1.165, 1.54) is 13.5 Å². The minimum Gasteiger partial charge on any atom is -0.469 e. The Morgan fingerprint density at radius 1 is 1.24 bits per heavy atom. The molecule has 1 heterocycles. The molecule has 4 aliphatic rings. The molecule has 3 aliphatic carbocycles. The summed E-state index contributed by atoms with van der Waals surface area (Å²) in [7, 11) is -0.636. The van der Waals surface area contributed by atoms with Crippen LogP contribution in [0.25, 0.3) is 0 Å². The van der Waals surface area contributed by atoms with Crippen LogP contribution in [0, 0.1) is 35.5 Å². The van der Waals surface area contributed by atoms with Crippen molar-refractivity contribution in [2.24, 2.45) is 35.5 Å². The normalized spacial score (nSPS) is 37.1. The maximum Gasteiger partial charge on any atom is 0.305 e. The van der Waals surface area contributed by atoms with Crippen LogP contribution in [0.1, 0.15) is 52.4 Å². The average molecular weight is 486 g/mol. The van der Waals surface area contributed by atoms with Crippen molar-refractivity contribution in [1.29, 1.82) is 0 Å². The minimum atomic E-state index is -3.88. The van der Waals surface area contributed by atoms with Gasteiger partial charge in [0, 0.05) is 13.0 Å². The Hall–Kier alpha value is -1.78. The topological polar surface area (TPSA) is 116 Å². The number of methoxy groups -OCH3 is 2. The molecule has 33 heavy (non-hydrogen) atoms. The molecule has 0 aromatic rings. The molecule has 9 nitrogen and oxygen atoms in total. The predicted octanol–water partition coefficient (Wildman–Crippen LogP) is 2.47. The molecule has 7 unspecified atom stereocenters. The summed E-state index contributed by atoms with van der Waals surface area (Å²) in [5.74, 6) is -0.524. The van der Waals surface area contributed by atoms with E-state index in [-0.39, 0.29) is 17.5 Å². The first-order chi connectivity index (χ1) is 15.5. The van der Waals surface area contributed by atoms with Crippen LogP contribution in [-0.4, -0.2) is 57.3 Å². The number of carbonyl (C=O) groups is 3. The van der Waals surface area contributed by atoms with Crippen molar-refractivity contribution in [2.45, 2.75) is 58.0 Å². The molecule has 7 atom stereocenters. The first kappa shape index (κ1) is 25.8. The van der Waals surface area contributed by atoms with E-state index in [2.05, 4.69) is 11.2 Å². The van der Waals surface area contributed by atoms with E-state index in [0.29, 0.717) is 29.7 Å². The van der Waals surface area contributed by atoms with Crippen LogP contribution < -0.4 is 0 Å². The summed E-state index contributed by atoms with van der Waals surface area (Å²) in [5.41, 5.74) is -0.0295. The maximum absolute atomic E-state index is 12.1. The first-order valence-electron chi connectivity index (χ1n) is 11.5. The fraction of sp³-hybridized carbons (Fsp3) is 0.783. The summed E-state index contributed by atoms with van der Waals surface area (Å²) in [4.78, 5) is 35.4. The van der Waals surface area contributed by atoms with Gasteiger partial charge in [-0.05, 0) is 49.9 Å². The number of allylic oxidation sites excluding steroid dienone is 2. The van der Waals surface area contributed by atoms with Crippen LogP contribution >= 0.6 is 0 Å². The number of esters is 1. The zero-order valence-corrected chi connectivity index (χ0v) is 20.8. The van der Waals surface area contributed by atoms with Crippen molar-refractivity contribution < 1.29 is 36.6 Å². The van der Waals surface area contributed by atoms with Crippen molar-refractivity contribution in [3.05, 3.63) is 12.2 Å². The van der Waals surface area contributed by atoms with Crippen LogP contribution in [0.2, 0.25) is 0 Å². The highest BCUT2D eigenvalue weighted by atomic mass is 32.2. The van der Waals surface area contributed by atoms with Crippen LogP contribution in [0.3, 0.4) is 0 Å². The van der Waals surface area contributed by atoms with E-state index in [1.807, 2.05) is 19.1 Å². The van der Waals surface area contributed by atoms with E-state index in [9.17, 15) is 22.8 Å². The highest BCUT2D eigenvalue weighted by Crippen LogP contribution is 2.57. The van der Waals surface area contributed by atoms with E-state index < -0.39 is 33.8 Å². The number of hydrogen-bond acceptors (Lipinski definition) is 8. The fourth-order valence-electron chi connectivity index (χ4n) is 6.21. The summed E-state index contributed by atoms with van der Waals surface area (Å²) in [5, 5.41) is 0.417. The lowest BCUT2D eigenvalue weighted by Crippen LogP contribution is -2.39. The van der Waals surface area contributed by atoms with Crippen molar-refractivity contribution in [3.8, 4) is 0 Å². The van der Waals surface area contributed by atoms with E-state index >= 15 is 0 Å². The highest BCUT2D eigenvalue weighted by Gasteiger charge is 2.57. The van der Waals surface area contributed by atoms with Crippen LogP contribution in [0.5, 0.6) is 0 Å². The molecule has 2 saturated carbocycles. The highest BCUT2D eigenvalue weighted by molar-refractivity contribution is 7.85. The van der Waals surface area contributed by atoms with Crippen LogP contribution in [0.15, 0.2) is 12.2 Å². The standard InChI is InChI=1S/C12H20O3.C11H15NO5S/c1-8-9-4-5-12(7-9,15-3)10(8)6-11(13)14-2;1-3-7-5-4-6-8-9(7)11(14)12(10(8)13)17-18(2,15)16/h8-10H,4-7H2,1-3H3;4-5,7-9H,3,6H2,1-2H3. The summed E-state index contributed by atoms with van der Waals surface area (Å²) in [6, 6.07) is 0. The molecule has 186 valence electrons. The second kappa shape index (κ2) is 9.84. The number of hydrogen-bond donors (Lipinski definition) is 0. The lowest BCUT2D eigenvalue weighted by atomic mass is 9.76. The molecule has 2 bridgehead atoms. The lowest BCUT2D eigenvalue weighted by molar-refractivity contribution is -0.165. The molecule has 0 spiro atoms. The third-order valence-corrected chi connectivity index (χ3v) is 8.39. The summed E-state index contributed by atoms with van der Waals surface area (Å²) < 4.78 is 37.1. The molecule has 0 aromatic heterocycles. The van der Waals surface area contributed by atoms with Gasteiger partial charge in [-0.3, -0.25) is 14.4 Å². The van der Waals surface area contributed by atoms with E-state index in [0.717, 1.165) is 31.4 Å². The zero-order valence-electron chi connectivity index (χ0n) is 20.0. The van der Waals surface area contributed by atoms with Gasteiger partial charge in [0.15, 0.2) is 0 Å². The second-order valence-electron chi connectivity index (χ2n) is 9.64. The number of fused-ring (bicyclic) bond motifs is 3. The quantitative estimate of drug-likeness (QED) is 0.320. The average Bonchev–Trinajstić information content (AvgIpc) is 3.40. The van der Waals surface area contributed by atoms with Gasteiger partial charge in [0.25, 0.3) is 21.9 Å². The van der Waals surface area contributed by atoms with Gasteiger partial charge in [0.2, 0.25) is 0 Å². The maximum atomic E-state index is 12.1. The van der Waals surface area contributed by atoms with E-state index in [1.54, 1.807) is 7.11 Å². The zero-order chi connectivity index (χ0) is 24.6. The Labute approximate surface area is 195 Å². The number of ether oxygens (including phenoxy) is 2. The lowest BCUT2D eigenvalue weighted by Gasteiger charge is -2.36. The van der Waals surface area contributed by atoms with E-state index in [4.69, 9.17) is 9.47 Å². The van der Waals surface area contributed by atoms with Crippen molar-refractivity contribution in [2.75, 3.05) is 20.5 Å². The molecule has 3 fully saturated rings. The van der Waals surface area contributed by atoms with Gasteiger partial charge < -0.3 is 9.47 Å². The fourth-order valence-corrected chi connectivity index (χ4v) is 6.63. The van der Waals surface area contributed by atoms with Crippen molar-refractivity contribution in [3.63, 3.8) is 0 Å². The van der Waals surface area contributed by atoms with Gasteiger partial charge in [0.1, 0.15) is 0 Å². The Balaban J connectivity index is 0.000000189. The number of carbonyl (C=O) groups excluding carboxylic acids is 3. The molecule has 4 rings (SSSR count). The molecule has 0 aromatic carbocycles. The summed E-state index contributed by atoms with van der Waals surface area (Å²) in [6.07, 6.45) is 9.78. The molecule has 1 aliphatic heterocycles. The third-order valence-electron chi connectivity index (χ3n) is 7.97. The molecular weight excluding hydrogens is 450 g/mol. The molecule has 0 N–H and O–H groups in total. The Morgan fingerprint density at radius 3 is 2.52 bits per heavy atom. The summed E-state index contributed by atoms with van der Waals surface area (Å²) in [6.45, 7) is 4.17. The van der Waals surface area contributed by atoms with Gasteiger partial charge in [-0.15, -0.1) is 9.35 Å². The Kier molecular flexibility index (Phi) is 7.70. The number of nitrogens with zero attached hydrogens (tertiary/aromatic N) is 1. The molecular formula is C23H35NO8S. The Bertz CT molecular complexity index is 915. The van der Waals surface area contributed by atoms with Gasteiger partial charge in [-0.2, -0.15) is 8.42 Å². The van der Waals surface area contributed by atoms with Crippen LogP contribution in [-0.2, 0) is 38.3 Å². The SMILES string of the molecule is CCC1C=CCC2C(=O)N(OS(C)(=O)=O)C(=O)C12.COC(=O)CC1C(C)C2CCC1(OC)C2. The number of rotatable bonds is 6. The number of amides is 2. The first-order valence-corrected chi connectivity index (χ1v) is 13.4. The predicted molar refractivity (Wildman–Crippen MR) is 119 cm³/mol. The minimum absolute atomic E-state index is 0.0295. The van der Waals surface area contributed by atoms with Gasteiger partial charge in [-0.25, -0.2) is 0 Å². The molecule has 10 heteroatoms.